The summed E-state index contributed by atoms with van der Waals surface area (Å²) in [5, 5.41) is 20.9. The Morgan fingerprint density at radius 3 is 2.21 bits per heavy atom. The number of amides is 3. The van der Waals surface area contributed by atoms with E-state index < -0.39 is 6.09 Å². The number of hydrogen-bond acceptors (Lipinski definition) is 9. The summed E-state index contributed by atoms with van der Waals surface area (Å²) in [4.78, 5) is 40.3. The van der Waals surface area contributed by atoms with E-state index in [2.05, 4.69) is 36.3 Å². The maximum Gasteiger partial charge on any atom is 0.407 e. The molecule has 13 nitrogen and oxygen atoms in total. The molecule has 0 saturated carbocycles. The number of carbonyl (C=O) groups excluding carboxylic acids is 3. The summed E-state index contributed by atoms with van der Waals surface area (Å²) in [5.74, 6) is -0.453. The molecule has 0 fully saturated rings. The van der Waals surface area contributed by atoms with Gasteiger partial charge in [0.1, 0.15) is 12.3 Å². The van der Waals surface area contributed by atoms with Crippen LogP contribution in [0.3, 0.4) is 0 Å². The van der Waals surface area contributed by atoms with Crippen molar-refractivity contribution in [2.45, 2.75) is 27.0 Å². The van der Waals surface area contributed by atoms with E-state index in [-0.39, 0.29) is 18.4 Å². The number of aryl methyl sites for hydroxylation is 3. The van der Waals surface area contributed by atoms with E-state index in [4.69, 9.17) is 10.5 Å². The molecule has 0 unspecified atom stereocenters. The third-order valence-corrected chi connectivity index (χ3v) is 7.86. The molecule has 0 aliphatic rings. The first-order valence-electron chi connectivity index (χ1n) is 16.6. The fourth-order valence-corrected chi connectivity index (χ4v) is 4.86. The average Bonchev–Trinajstić information content (AvgIpc) is 3.61. The van der Waals surface area contributed by atoms with Crippen LogP contribution in [-0.4, -0.2) is 32.7 Å². The highest BCUT2D eigenvalue weighted by Crippen LogP contribution is 2.25. The van der Waals surface area contributed by atoms with Crippen molar-refractivity contribution in [2.75, 3.05) is 16.4 Å². The first kappa shape index (κ1) is 37.1. The van der Waals surface area contributed by atoms with Gasteiger partial charge in [0.05, 0.1) is 22.7 Å². The number of alkyl carbamates (subject to hydrolysis) is 1. The molecule has 4 aromatic carbocycles. The maximum atomic E-state index is 12.3. The predicted molar refractivity (Wildman–Crippen MR) is 204 cm³/mol. The number of aromatic nitrogens is 3. The summed E-state index contributed by atoms with van der Waals surface area (Å²) in [5.41, 5.74) is 13.8. The maximum absolute atomic E-state index is 12.3. The van der Waals surface area contributed by atoms with Crippen molar-refractivity contribution in [1.29, 1.82) is 0 Å². The van der Waals surface area contributed by atoms with Gasteiger partial charge in [0.2, 0.25) is 0 Å². The quantitative estimate of drug-likeness (QED) is 0.0821. The molecule has 3 amide bonds. The minimum atomic E-state index is -0.523. The number of ether oxygens (including phenoxy) is 1. The number of nitrogens with two attached hydrogens (primary N) is 1. The molecular weight excluding hydrogens is 670 g/mol. The van der Waals surface area contributed by atoms with Crippen molar-refractivity contribution in [2.24, 2.45) is 17.3 Å². The van der Waals surface area contributed by atoms with Crippen LogP contribution in [0.5, 0.6) is 0 Å². The summed E-state index contributed by atoms with van der Waals surface area (Å²) in [6.07, 6.45) is 4.37. The lowest BCUT2D eigenvalue weighted by Gasteiger charge is -2.09. The lowest BCUT2D eigenvalue weighted by atomic mass is 10.1. The lowest BCUT2D eigenvalue weighted by Crippen LogP contribution is -2.23. The lowest BCUT2D eigenvalue weighted by molar-refractivity contribution is 0.101. The van der Waals surface area contributed by atoms with Crippen LogP contribution in [0.2, 0.25) is 0 Å². The number of hydrogen-bond donors (Lipinski definition) is 4. The normalized spacial score (nSPS) is 10.5. The molecule has 53 heavy (non-hydrogen) atoms. The Bertz CT molecular complexity index is 2200. The van der Waals surface area contributed by atoms with Crippen LogP contribution in [0, 0.1) is 13.8 Å². The van der Waals surface area contributed by atoms with E-state index in [0.29, 0.717) is 29.2 Å². The molecule has 268 valence electrons. The number of nitrogen functional groups attached to an aromatic ring is 1. The topological polar surface area (TPSA) is 178 Å². The Labute approximate surface area is 307 Å². The zero-order valence-corrected chi connectivity index (χ0v) is 29.5. The minimum absolute atomic E-state index is 0.154. The monoisotopic (exact) mass is 709 g/mol. The molecule has 0 spiro atoms. The van der Waals surface area contributed by atoms with Gasteiger partial charge in [-0.1, -0.05) is 48.5 Å². The molecule has 0 aliphatic carbocycles. The minimum Gasteiger partial charge on any atom is -0.445 e. The van der Waals surface area contributed by atoms with Gasteiger partial charge in [0.15, 0.2) is 0 Å². The van der Waals surface area contributed by atoms with Gasteiger partial charge in [-0.15, -0.1) is 0 Å². The van der Waals surface area contributed by atoms with E-state index in [1.807, 2.05) is 62.4 Å². The molecule has 0 aliphatic heterocycles. The van der Waals surface area contributed by atoms with Crippen LogP contribution in [0.25, 0.3) is 0 Å². The molecule has 0 bridgehead atoms. The second-order valence-corrected chi connectivity index (χ2v) is 11.8. The number of carbonyl (C=O) groups is 3. The van der Waals surface area contributed by atoms with E-state index in [0.717, 1.165) is 39.3 Å². The number of benzene rings is 4. The highest BCUT2D eigenvalue weighted by Gasteiger charge is 2.12. The van der Waals surface area contributed by atoms with Crippen LogP contribution in [0.4, 0.5) is 33.2 Å². The van der Waals surface area contributed by atoms with Crippen LogP contribution in [0.1, 0.15) is 43.1 Å². The fraction of sp³-hybridized carbons (Fsp3) is 0.125. The summed E-state index contributed by atoms with van der Waals surface area (Å²) < 4.78 is 6.66. The summed E-state index contributed by atoms with van der Waals surface area (Å²) in [6, 6.07) is 32.6. The van der Waals surface area contributed by atoms with Gasteiger partial charge >= 0.3 is 6.09 Å². The van der Waals surface area contributed by atoms with E-state index in [1.165, 1.54) is 4.68 Å². The number of nitrogens with one attached hydrogen (secondary N) is 3. The van der Waals surface area contributed by atoms with Gasteiger partial charge in [0.25, 0.3) is 11.8 Å². The Kier molecular flexibility index (Phi) is 12.7. The fourth-order valence-electron chi connectivity index (χ4n) is 4.86. The first-order valence-corrected chi connectivity index (χ1v) is 16.6. The Hall–Kier alpha value is -7.15. The third kappa shape index (κ3) is 10.9. The Morgan fingerprint density at radius 1 is 0.755 bits per heavy atom. The smallest absolute Gasteiger partial charge is 0.407 e. The standard InChI is InChI=1S/C21H20N4O3.C19H19N5O/c22-18-5-1-2-6-19(18)25-20(26)17-9-7-15(8-10-17)13-24-21(27)28-14-16-4-3-11-23-12-16;1-13-6-4-5-7-17(13)23-22-15-8-9-16(14(2)12-15)21-19(25)18-10-11-20-24(18)3/h1-12H,13-14,22H2,(H,24,27)(H,25,26);4-12H,1-3H3,(H,21,25). The highest BCUT2D eigenvalue weighted by atomic mass is 16.5. The molecule has 2 heterocycles. The predicted octanol–water partition coefficient (Wildman–Crippen LogP) is 8.05. The van der Waals surface area contributed by atoms with Gasteiger partial charge in [-0.3, -0.25) is 19.3 Å². The molecule has 0 saturated heterocycles. The molecular formula is C40H39N9O4. The number of pyridine rings is 1. The molecule has 6 rings (SSSR count). The molecule has 0 radical (unpaired) electrons. The molecule has 0 atom stereocenters. The number of anilines is 3. The average molecular weight is 710 g/mol. The largest absolute Gasteiger partial charge is 0.445 e. The molecule has 5 N–H and O–H groups in total. The summed E-state index contributed by atoms with van der Waals surface area (Å²) >= 11 is 0. The van der Waals surface area contributed by atoms with Crippen LogP contribution in [-0.2, 0) is 24.9 Å². The van der Waals surface area contributed by atoms with Crippen molar-refractivity contribution < 1.29 is 19.1 Å². The van der Waals surface area contributed by atoms with Crippen LogP contribution in [0.15, 0.2) is 138 Å². The van der Waals surface area contributed by atoms with Gasteiger partial charge in [-0.05, 0) is 91.2 Å². The first-order chi connectivity index (χ1) is 25.7. The van der Waals surface area contributed by atoms with Gasteiger partial charge in [-0.25, -0.2) is 4.79 Å². The SMILES string of the molecule is Cc1ccccc1N=Nc1ccc(NC(=O)c2ccnn2C)c(C)c1.Nc1ccccc1NC(=O)c1ccc(CNC(=O)OCc2cccnc2)cc1. The number of para-hydroxylation sites is 2. The number of rotatable bonds is 10. The highest BCUT2D eigenvalue weighted by molar-refractivity contribution is 6.05. The second kappa shape index (κ2) is 18.2. The van der Waals surface area contributed by atoms with Crippen LogP contribution >= 0.6 is 0 Å². The van der Waals surface area contributed by atoms with E-state index in [1.54, 1.807) is 86.3 Å². The van der Waals surface area contributed by atoms with E-state index in [9.17, 15) is 14.4 Å². The number of nitrogens with zero attached hydrogens (tertiary/aromatic N) is 5. The third-order valence-electron chi connectivity index (χ3n) is 7.86. The zero-order chi connectivity index (χ0) is 37.6. The van der Waals surface area contributed by atoms with Gasteiger partial charge in [0, 0.05) is 49.0 Å². The molecule has 6 aromatic rings. The zero-order valence-electron chi connectivity index (χ0n) is 29.5. The number of azo groups is 1. The van der Waals surface area contributed by atoms with Gasteiger partial charge < -0.3 is 26.4 Å². The van der Waals surface area contributed by atoms with E-state index >= 15 is 0 Å². The van der Waals surface area contributed by atoms with Crippen molar-refractivity contribution >= 4 is 46.3 Å². The molecule has 13 heteroatoms. The van der Waals surface area contributed by atoms with Crippen molar-refractivity contribution in [3.8, 4) is 0 Å². The molecule has 2 aromatic heterocycles. The van der Waals surface area contributed by atoms with Crippen molar-refractivity contribution in [1.82, 2.24) is 20.1 Å². The Morgan fingerprint density at radius 2 is 1.51 bits per heavy atom. The second-order valence-electron chi connectivity index (χ2n) is 11.8. The van der Waals surface area contributed by atoms with Crippen LogP contribution < -0.4 is 21.7 Å². The summed E-state index contributed by atoms with van der Waals surface area (Å²) in [7, 11) is 1.73. The Balaban J connectivity index is 0.000000206. The summed E-state index contributed by atoms with van der Waals surface area (Å²) in [6.45, 7) is 4.36. The van der Waals surface area contributed by atoms with Crippen molar-refractivity contribution in [3.63, 3.8) is 0 Å². The van der Waals surface area contributed by atoms with Crippen molar-refractivity contribution in [3.05, 3.63) is 161 Å². The van der Waals surface area contributed by atoms with Gasteiger partial charge in [-0.2, -0.15) is 15.3 Å².